The zero-order chi connectivity index (χ0) is 17.3. The number of carboxylic acids is 1. The highest BCUT2D eigenvalue weighted by Crippen LogP contribution is 2.13. The van der Waals surface area contributed by atoms with Crippen molar-refractivity contribution in [2.45, 2.75) is 96.5 Å². The summed E-state index contributed by atoms with van der Waals surface area (Å²) < 4.78 is 0. The van der Waals surface area contributed by atoms with Crippen molar-refractivity contribution in [3.8, 4) is 0 Å². The molecule has 0 saturated carbocycles. The number of carboxylic acid groups (broad SMARTS) is 1. The lowest BCUT2D eigenvalue weighted by Gasteiger charge is -2.10. The average Bonchev–Trinajstić information content (AvgIpc) is 2.50. The molecule has 0 aliphatic carbocycles. The Balaban J connectivity index is 3.30. The molecule has 1 atom stereocenters. The predicted octanol–water partition coefficient (Wildman–Crippen LogP) is 3.64. The normalized spacial score (nSPS) is 12.1. The molecule has 0 aromatic carbocycles. The molecular formula is C18H35NO4. The predicted molar refractivity (Wildman–Crippen MR) is 92.3 cm³/mol. The number of hydrogen-bond acceptors (Lipinski definition) is 3. The highest BCUT2D eigenvalue weighted by Gasteiger charge is 2.11. The number of hydrogen-bond donors (Lipinski definition) is 3. The van der Waals surface area contributed by atoms with Crippen molar-refractivity contribution in [3.63, 3.8) is 0 Å². The first-order chi connectivity index (χ1) is 11.1. The fourth-order valence-electron chi connectivity index (χ4n) is 2.61. The minimum atomic E-state index is -1.07. The molecular weight excluding hydrogens is 294 g/mol. The third-order valence-electron chi connectivity index (χ3n) is 4.00. The van der Waals surface area contributed by atoms with Gasteiger partial charge < -0.3 is 15.5 Å². The van der Waals surface area contributed by atoms with Crippen LogP contribution in [0.25, 0.3) is 0 Å². The van der Waals surface area contributed by atoms with E-state index >= 15 is 0 Å². The third kappa shape index (κ3) is 17.1. The van der Waals surface area contributed by atoms with E-state index in [1.807, 2.05) is 0 Å². The Bertz CT molecular complexity index is 307. The second-order valence-electron chi connectivity index (χ2n) is 6.35. The van der Waals surface area contributed by atoms with E-state index < -0.39 is 18.0 Å². The van der Waals surface area contributed by atoms with E-state index in [1.165, 1.54) is 57.8 Å². The fraction of sp³-hybridized carbons (Fsp3) is 0.889. The van der Waals surface area contributed by atoms with Gasteiger partial charge in [0, 0.05) is 0 Å². The summed E-state index contributed by atoms with van der Waals surface area (Å²) in [6.45, 7) is 1.85. The molecule has 0 heterocycles. The van der Waals surface area contributed by atoms with Crippen molar-refractivity contribution in [3.05, 3.63) is 0 Å². The standard InChI is InChI=1S/C18H35NO4/c1-2-3-4-5-6-7-8-9-10-11-12-13-16(20)14-17(21)19-15-18(22)23/h16,20H,2-15H2,1H3,(H,19,21)(H,22,23)/t16-/m1/s1. The second-order valence-corrected chi connectivity index (χ2v) is 6.35. The van der Waals surface area contributed by atoms with Gasteiger partial charge in [0.1, 0.15) is 6.54 Å². The molecule has 0 spiro atoms. The minimum Gasteiger partial charge on any atom is -0.480 e. The van der Waals surface area contributed by atoms with E-state index in [9.17, 15) is 14.7 Å². The van der Waals surface area contributed by atoms with E-state index in [4.69, 9.17) is 5.11 Å². The van der Waals surface area contributed by atoms with Crippen molar-refractivity contribution in [2.24, 2.45) is 0 Å². The highest BCUT2D eigenvalue weighted by molar-refractivity contribution is 5.81. The third-order valence-corrected chi connectivity index (χ3v) is 4.00. The summed E-state index contributed by atoms with van der Waals surface area (Å²) in [6.07, 6.45) is 13.8. The van der Waals surface area contributed by atoms with Crippen LogP contribution in [0.15, 0.2) is 0 Å². The molecule has 23 heavy (non-hydrogen) atoms. The fourth-order valence-corrected chi connectivity index (χ4v) is 2.61. The van der Waals surface area contributed by atoms with Gasteiger partial charge in [-0.05, 0) is 6.42 Å². The van der Waals surface area contributed by atoms with Gasteiger partial charge in [-0.1, -0.05) is 77.6 Å². The van der Waals surface area contributed by atoms with Crippen LogP contribution in [0.1, 0.15) is 90.4 Å². The van der Waals surface area contributed by atoms with E-state index in [-0.39, 0.29) is 13.0 Å². The van der Waals surface area contributed by atoms with Crippen LogP contribution in [0.4, 0.5) is 0 Å². The lowest BCUT2D eigenvalue weighted by Crippen LogP contribution is -2.31. The zero-order valence-electron chi connectivity index (χ0n) is 14.7. The molecule has 0 unspecified atom stereocenters. The summed E-state index contributed by atoms with van der Waals surface area (Å²) in [5.41, 5.74) is 0. The first-order valence-electron chi connectivity index (χ1n) is 9.22. The van der Waals surface area contributed by atoms with Crippen molar-refractivity contribution in [1.29, 1.82) is 0 Å². The number of aliphatic hydroxyl groups is 1. The van der Waals surface area contributed by atoms with Gasteiger partial charge in [0.05, 0.1) is 12.5 Å². The molecule has 0 rings (SSSR count). The maximum atomic E-state index is 11.3. The molecule has 0 aliphatic rings. The summed E-state index contributed by atoms with van der Waals surface area (Å²) in [5.74, 6) is -1.47. The number of aliphatic hydroxyl groups excluding tert-OH is 1. The van der Waals surface area contributed by atoms with Gasteiger partial charge >= 0.3 is 5.97 Å². The maximum Gasteiger partial charge on any atom is 0.322 e. The number of aliphatic carboxylic acids is 1. The van der Waals surface area contributed by atoms with Crippen molar-refractivity contribution < 1.29 is 19.8 Å². The molecule has 0 radical (unpaired) electrons. The molecule has 0 aliphatic heterocycles. The van der Waals surface area contributed by atoms with Gasteiger partial charge in [-0.25, -0.2) is 0 Å². The molecule has 1 amide bonds. The number of nitrogens with one attached hydrogen (secondary N) is 1. The van der Waals surface area contributed by atoms with E-state index in [0.29, 0.717) is 6.42 Å². The van der Waals surface area contributed by atoms with Crippen molar-refractivity contribution in [1.82, 2.24) is 5.32 Å². The molecule has 0 aromatic heterocycles. The molecule has 5 heteroatoms. The SMILES string of the molecule is CCCCCCCCCCCCC[C@@H](O)CC(=O)NCC(=O)O. The Labute approximate surface area is 140 Å². The van der Waals surface area contributed by atoms with Crippen molar-refractivity contribution in [2.75, 3.05) is 6.54 Å². The van der Waals surface area contributed by atoms with Crippen molar-refractivity contribution >= 4 is 11.9 Å². The van der Waals surface area contributed by atoms with Gasteiger partial charge in [-0.2, -0.15) is 0 Å². The van der Waals surface area contributed by atoms with Gasteiger partial charge in [0.2, 0.25) is 5.91 Å². The van der Waals surface area contributed by atoms with E-state index in [1.54, 1.807) is 0 Å². The van der Waals surface area contributed by atoms with E-state index in [2.05, 4.69) is 12.2 Å². The Morgan fingerprint density at radius 2 is 1.35 bits per heavy atom. The maximum absolute atomic E-state index is 11.3. The Morgan fingerprint density at radius 3 is 1.83 bits per heavy atom. The van der Waals surface area contributed by atoms with E-state index in [0.717, 1.165) is 12.8 Å². The molecule has 0 aromatic rings. The molecule has 0 saturated heterocycles. The van der Waals surface area contributed by atoms with Gasteiger partial charge in [-0.15, -0.1) is 0 Å². The summed E-state index contributed by atoms with van der Waals surface area (Å²) in [4.78, 5) is 21.6. The Kier molecular flexibility index (Phi) is 15.0. The van der Waals surface area contributed by atoms with Crippen LogP contribution in [0.2, 0.25) is 0 Å². The van der Waals surface area contributed by atoms with Gasteiger partial charge in [0.25, 0.3) is 0 Å². The minimum absolute atomic E-state index is 0.00889. The number of amides is 1. The Hall–Kier alpha value is -1.10. The number of carbonyl (C=O) groups excluding carboxylic acids is 1. The lowest BCUT2D eigenvalue weighted by molar-refractivity contribution is -0.138. The Morgan fingerprint density at radius 1 is 0.870 bits per heavy atom. The topological polar surface area (TPSA) is 86.6 Å². The monoisotopic (exact) mass is 329 g/mol. The number of rotatable bonds is 16. The van der Waals surface area contributed by atoms with Gasteiger partial charge in [-0.3, -0.25) is 9.59 Å². The smallest absolute Gasteiger partial charge is 0.322 e. The number of carbonyl (C=O) groups is 2. The van der Waals surface area contributed by atoms with Crippen LogP contribution < -0.4 is 5.32 Å². The van der Waals surface area contributed by atoms with Crippen LogP contribution >= 0.6 is 0 Å². The second kappa shape index (κ2) is 15.8. The quantitative estimate of drug-likeness (QED) is 0.377. The van der Waals surface area contributed by atoms with Crippen LogP contribution in [-0.4, -0.2) is 34.7 Å². The average molecular weight is 329 g/mol. The van der Waals surface area contributed by atoms with Crippen LogP contribution in [0, 0.1) is 0 Å². The summed E-state index contributed by atoms with van der Waals surface area (Å²) in [6, 6.07) is 0. The van der Waals surface area contributed by atoms with Crippen LogP contribution in [-0.2, 0) is 9.59 Å². The molecule has 3 N–H and O–H groups in total. The largest absolute Gasteiger partial charge is 0.480 e. The van der Waals surface area contributed by atoms with Gasteiger partial charge in [0.15, 0.2) is 0 Å². The van der Waals surface area contributed by atoms with Crippen LogP contribution in [0.3, 0.4) is 0 Å². The molecule has 0 fully saturated rings. The summed E-state index contributed by atoms with van der Waals surface area (Å²) in [5, 5.41) is 20.4. The molecule has 136 valence electrons. The number of unbranched alkanes of at least 4 members (excludes halogenated alkanes) is 10. The van der Waals surface area contributed by atoms with Crippen LogP contribution in [0.5, 0.6) is 0 Å². The molecule has 5 nitrogen and oxygen atoms in total. The zero-order valence-corrected chi connectivity index (χ0v) is 14.7. The molecule has 0 bridgehead atoms. The highest BCUT2D eigenvalue weighted by atomic mass is 16.4. The lowest BCUT2D eigenvalue weighted by atomic mass is 10.0. The summed E-state index contributed by atoms with van der Waals surface area (Å²) in [7, 11) is 0. The summed E-state index contributed by atoms with van der Waals surface area (Å²) >= 11 is 0. The first kappa shape index (κ1) is 21.9. The first-order valence-corrected chi connectivity index (χ1v) is 9.22.